The lowest BCUT2D eigenvalue weighted by atomic mass is 10.1. The molecular formula is C14H19F2NOS. The fourth-order valence-corrected chi connectivity index (χ4v) is 2.78. The number of nitrogens with zero attached hydrogens (tertiary/aromatic N) is 1. The zero-order chi connectivity index (χ0) is 14.4. The van der Waals surface area contributed by atoms with Crippen LogP contribution in [-0.4, -0.2) is 42.3 Å². The van der Waals surface area contributed by atoms with Crippen LogP contribution in [0.2, 0.25) is 0 Å². The molecule has 1 aromatic carbocycles. The van der Waals surface area contributed by atoms with E-state index in [-0.39, 0.29) is 23.9 Å². The summed E-state index contributed by atoms with van der Waals surface area (Å²) in [5.74, 6) is -0.862. The van der Waals surface area contributed by atoms with E-state index in [1.807, 2.05) is 18.2 Å². The predicted octanol–water partition coefficient (Wildman–Crippen LogP) is 3.22. The van der Waals surface area contributed by atoms with Crippen LogP contribution in [0.3, 0.4) is 0 Å². The molecule has 1 atom stereocenters. The Balaban J connectivity index is 2.73. The average molecular weight is 287 g/mol. The summed E-state index contributed by atoms with van der Waals surface area (Å²) in [6.45, 7) is 2.20. The Kier molecular flexibility index (Phi) is 6.45. The lowest BCUT2D eigenvalue weighted by molar-refractivity contribution is 0.0921. The SMILES string of the molecule is CCC(CSC)N(C)CC(=O)c1ccc(F)cc1F. The Bertz CT molecular complexity index is 439. The van der Waals surface area contributed by atoms with Gasteiger partial charge in [-0.25, -0.2) is 8.78 Å². The molecule has 0 heterocycles. The van der Waals surface area contributed by atoms with E-state index >= 15 is 0 Å². The van der Waals surface area contributed by atoms with Crippen molar-refractivity contribution >= 4 is 17.5 Å². The molecule has 19 heavy (non-hydrogen) atoms. The zero-order valence-electron chi connectivity index (χ0n) is 11.5. The van der Waals surface area contributed by atoms with Gasteiger partial charge in [-0.3, -0.25) is 9.69 Å². The summed E-state index contributed by atoms with van der Waals surface area (Å²) in [6, 6.07) is 3.33. The molecular weight excluding hydrogens is 268 g/mol. The molecule has 0 fully saturated rings. The first-order valence-corrected chi connectivity index (χ1v) is 7.56. The van der Waals surface area contributed by atoms with Gasteiger partial charge in [-0.1, -0.05) is 6.92 Å². The van der Waals surface area contributed by atoms with Crippen molar-refractivity contribution < 1.29 is 13.6 Å². The normalized spacial score (nSPS) is 12.7. The van der Waals surface area contributed by atoms with E-state index in [4.69, 9.17) is 0 Å². The number of carbonyl (C=O) groups excluding carboxylic acids is 1. The van der Waals surface area contributed by atoms with E-state index in [2.05, 4.69) is 6.92 Å². The summed E-state index contributed by atoms with van der Waals surface area (Å²) in [6.07, 6.45) is 2.94. The average Bonchev–Trinajstić information content (AvgIpc) is 2.35. The van der Waals surface area contributed by atoms with Crippen molar-refractivity contribution in [2.75, 3.05) is 25.6 Å². The van der Waals surface area contributed by atoms with Crippen LogP contribution in [0.25, 0.3) is 0 Å². The Hall–Kier alpha value is -0.940. The zero-order valence-corrected chi connectivity index (χ0v) is 12.3. The van der Waals surface area contributed by atoms with Gasteiger partial charge in [0.1, 0.15) is 11.6 Å². The second-order valence-electron chi connectivity index (χ2n) is 4.48. The van der Waals surface area contributed by atoms with E-state index < -0.39 is 11.6 Å². The summed E-state index contributed by atoms with van der Waals surface area (Å²) in [5, 5.41) is 0. The Morgan fingerprint density at radius 1 is 1.42 bits per heavy atom. The number of benzene rings is 1. The number of hydrogen-bond donors (Lipinski definition) is 0. The topological polar surface area (TPSA) is 20.3 Å². The van der Waals surface area contributed by atoms with Gasteiger partial charge in [0, 0.05) is 17.9 Å². The molecule has 5 heteroatoms. The van der Waals surface area contributed by atoms with Crippen LogP contribution in [0, 0.1) is 11.6 Å². The van der Waals surface area contributed by atoms with Crippen LogP contribution in [0.1, 0.15) is 23.7 Å². The third-order valence-corrected chi connectivity index (χ3v) is 3.80. The summed E-state index contributed by atoms with van der Waals surface area (Å²) in [5.41, 5.74) is -0.0488. The molecule has 0 saturated carbocycles. The number of hydrogen-bond acceptors (Lipinski definition) is 3. The number of halogens is 2. The van der Waals surface area contributed by atoms with E-state index in [9.17, 15) is 13.6 Å². The van der Waals surface area contributed by atoms with Crippen molar-refractivity contribution in [1.29, 1.82) is 0 Å². The number of thioether (sulfide) groups is 1. The maximum atomic E-state index is 13.5. The molecule has 1 rings (SSSR count). The molecule has 0 amide bonds. The molecule has 0 spiro atoms. The van der Waals surface area contributed by atoms with E-state index in [0.29, 0.717) is 0 Å². The third-order valence-electron chi connectivity index (χ3n) is 3.08. The Morgan fingerprint density at radius 3 is 2.63 bits per heavy atom. The first-order valence-electron chi connectivity index (χ1n) is 6.17. The summed E-state index contributed by atoms with van der Waals surface area (Å²) >= 11 is 1.71. The third kappa shape index (κ3) is 4.58. The van der Waals surface area contributed by atoms with Crippen molar-refractivity contribution in [3.63, 3.8) is 0 Å². The van der Waals surface area contributed by atoms with Crippen LogP contribution in [0.4, 0.5) is 8.78 Å². The van der Waals surface area contributed by atoms with E-state index in [0.717, 1.165) is 24.3 Å². The first-order chi connectivity index (χ1) is 8.99. The predicted molar refractivity (Wildman–Crippen MR) is 75.8 cm³/mol. The standard InChI is InChI=1S/C14H19F2NOS/c1-4-11(9-19-3)17(2)8-14(18)12-6-5-10(15)7-13(12)16/h5-7,11H,4,8-9H2,1-3H3. The molecule has 2 nitrogen and oxygen atoms in total. The number of rotatable bonds is 7. The summed E-state index contributed by atoms with van der Waals surface area (Å²) in [4.78, 5) is 13.9. The van der Waals surface area contributed by atoms with Crippen molar-refractivity contribution in [2.45, 2.75) is 19.4 Å². The van der Waals surface area contributed by atoms with Crippen molar-refractivity contribution in [3.8, 4) is 0 Å². The maximum Gasteiger partial charge on any atom is 0.179 e. The van der Waals surface area contributed by atoms with Crippen LogP contribution in [0.15, 0.2) is 18.2 Å². The van der Waals surface area contributed by atoms with Gasteiger partial charge in [-0.05, 0) is 31.9 Å². The molecule has 0 radical (unpaired) electrons. The quantitative estimate of drug-likeness (QED) is 0.718. The maximum absolute atomic E-state index is 13.5. The van der Waals surface area contributed by atoms with Crippen molar-refractivity contribution in [3.05, 3.63) is 35.4 Å². The smallest absolute Gasteiger partial charge is 0.179 e. The molecule has 0 aromatic heterocycles. The monoisotopic (exact) mass is 287 g/mol. The number of Topliss-reactive ketones (excluding diaryl/α,β-unsaturated/α-hetero) is 1. The largest absolute Gasteiger partial charge is 0.295 e. The fourth-order valence-electron chi connectivity index (χ4n) is 1.91. The van der Waals surface area contributed by atoms with Gasteiger partial charge >= 0.3 is 0 Å². The molecule has 0 aliphatic heterocycles. The number of likely N-dealkylation sites (N-methyl/N-ethyl adjacent to an activating group) is 1. The van der Waals surface area contributed by atoms with Gasteiger partial charge in [0.05, 0.1) is 12.1 Å². The molecule has 0 aliphatic rings. The molecule has 0 N–H and O–H groups in total. The molecule has 0 aliphatic carbocycles. The van der Waals surface area contributed by atoms with Crippen LogP contribution in [-0.2, 0) is 0 Å². The minimum absolute atomic E-state index is 0.0488. The van der Waals surface area contributed by atoms with Crippen LogP contribution in [0.5, 0.6) is 0 Å². The molecule has 106 valence electrons. The van der Waals surface area contributed by atoms with Gasteiger partial charge in [0.15, 0.2) is 5.78 Å². The summed E-state index contributed by atoms with van der Waals surface area (Å²) in [7, 11) is 1.85. The fraction of sp³-hybridized carbons (Fsp3) is 0.500. The lowest BCUT2D eigenvalue weighted by Gasteiger charge is -2.25. The van der Waals surface area contributed by atoms with Gasteiger partial charge in [-0.15, -0.1) is 0 Å². The molecule has 1 unspecified atom stereocenters. The van der Waals surface area contributed by atoms with Crippen molar-refractivity contribution in [2.24, 2.45) is 0 Å². The minimum Gasteiger partial charge on any atom is -0.295 e. The van der Waals surface area contributed by atoms with Crippen molar-refractivity contribution in [1.82, 2.24) is 4.90 Å². The van der Waals surface area contributed by atoms with Gasteiger partial charge in [0.25, 0.3) is 0 Å². The molecule has 0 bridgehead atoms. The van der Waals surface area contributed by atoms with E-state index in [1.165, 1.54) is 6.07 Å². The van der Waals surface area contributed by atoms with Crippen LogP contribution < -0.4 is 0 Å². The molecule has 1 aromatic rings. The summed E-state index contributed by atoms with van der Waals surface area (Å²) < 4.78 is 26.3. The number of ketones is 1. The van der Waals surface area contributed by atoms with Crippen LogP contribution >= 0.6 is 11.8 Å². The number of carbonyl (C=O) groups is 1. The second kappa shape index (κ2) is 7.60. The highest BCUT2D eigenvalue weighted by Crippen LogP contribution is 2.13. The Morgan fingerprint density at radius 2 is 2.11 bits per heavy atom. The highest BCUT2D eigenvalue weighted by Gasteiger charge is 2.18. The van der Waals surface area contributed by atoms with Gasteiger partial charge in [-0.2, -0.15) is 11.8 Å². The Labute approximate surface area is 117 Å². The minimum atomic E-state index is -0.795. The highest BCUT2D eigenvalue weighted by atomic mass is 32.2. The van der Waals surface area contributed by atoms with Gasteiger partial charge < -0.3 is 0 Å². The first kappa shape index (κ1) is 16.1. The lowest BCUT2D eigenvalue weighted by Crippen LogP contribution is -2.37. The second-order valence-corrected chi connectivity index (χ2v) is 5.39. The van der Waals surface area contributed by atoms with E-state index in [1.54, 1.807) is 11.8 Å². The van der Waals surface area contributed by atoms with Gasteiger partial charge in [0.2, 0.25) is 0 Å². The molecule has 0 saturated heterocycles. The highest BCUT2D eigenvalue weighted by molar-refractivity contribution is 7.98.